The average molecular weight is 727 g/mol. The topological polar surface area (TPSA) is 107 Å². The summed E-state index contributed by atoms with van der Waals surface area (Å²) < 4.78 is 13.5. The fourth-order valence-corrected chi connectivity index (χ4v) is 11.9. The van der Waals surface area contributed by atoms with Crippen molar-refractivity contribution in [3.63, 3.8) is 0 Å². The third kappa shape index (κ3) is 6.88. The fourth-order valence-electron chi connectivity index (χ4n) is 11.9. The van der Waals surface area contributed by atoms with Crippen LogP contribution in [0, 0.1) is 35.5 Å². The summed E-state index contributed by atoms with van der Waals surface area (Å²) in [5.74, 6) is 3.74. The zero-order valence-corrected chi connectivity index (χ0v) is 31.2. The van der Waals surface area contributed by atoms with E-state index in [-0.39, 0.29) is 0 Å². The molecule has 12 nitrogen and oxygen atoms in total. The van der Waals surface area contributed by atoms with Crippen molar-refractivity contribution < 1.29 is 0 Å². The van der Waals surface area contributed by atoms with Gasteiger partial charge in [0.25, 0.3) is 0 Å². The van der Waals surface area contributed by atoms with Crippen LogP contribution in [0.3, 0.4) is 0 Å². The van der Waals surface area contributed by atoms with Gasteiger partial charge in [0.15, 0.2) is 0 Å². The number of aromatic nitrogens is 12. The molecule has 4 fully saturated rings. The predicted molar refractivity (Wildman–Crippen MR) is 204 cm³/mol. The van der Waals surface area contributed by atoms with Gasteiger partial charge in [0, 0.05) is 74.4 Å². The number of nitrogens with zero attached hydrogens (tertiary/aromatic N) is 12. The summed E-state index contributed by atoms with van der Waals surface area (Å²) in [6.45, 7) is 0. The Morgan fingerprint density at radius 2 is 0.426 bits per heavy atom. The van der Waals surface area contributed by atoms with Gasteiger partial charge in [-0.25, -0.2) is 0 Å². The van der Waals surface area contributed by atoms with Gasteiger partial charge in [-0.05, 0) is 149 Å². The first-order chi connectivity index (χ1) is 26.7. The minimum atomic E-state index is 0.386. The van der Waals surface area contributed by atoms with Crippen molar-refractivity contribution in [2.45, 2.75) is 113 Å². The summed E-state index contributed by atoms with van der Waals surface area (Å²) in [6, 6.07) is 14.9. The molecule has 0 aromatic carbocycles. The standard InChI is InChI=1S/C42H54N12/c1-7-43-49(13-1)37-21-31(19-33(23-37)35-25-39(51-15-3-9-45-51)29-40(26-35)52-16-4-10-46-52)32-20-34(24-38(22-32)50-14-2-8-44-50)36-27-41(53-17-5-11-47-53)30-42(28-36)54-18-6-12-48-54/h1-18,31-42H,19-30H2. The van der Waals surface area contributed by atoms with Crippen molar-refractivity contribution in [1.29, 1.82) is 0 Å². The van der Waals surface area contributed by atoms with Crippen LogP contribution in [0.25, 0.3) is 0 Å². The summed E-state index contributed by atoms with van der Waals surface area (Å²) in [5.41, 5.74) is 0. The van der Waals surface area contributed by atoms with E-state index in [1.165, 1.54) is 64.2 Å². The van der Waals surface area contributed by atoms with Gasteiger partial charge in [0.1, 0.15) is 0 Å². The van der Waals surface area contributed by atoms with Crippen LogP contribution in [0.1, 0.15) is 113 Å². The largest absolute Gasteiger partial charge is 0.270 e. The van der Waals surface area contributed by atoms with Crippen molar-refractivity contribution in [3.8, 4) is 0 Å². The Morgan fingerprint density at radius 1 is 0.241 bits per heavy atom. The number of hydrogen-bond acceptors (Lipinski definition) is 6. The van der Waals surface area contributed by atoms with Crippen LogP contribution in [-0.4, -0.2) is 58.7 Å². The van der Waals surface area contributed by atoms with Crippen molar-refractivity contribution >= 4 is 0 Å². The molecule has 12 heteroatoms. The molecule has 0 bridgehead atoms. The highest BCUT2D eigenvalue weighted by atomic mass is 15.3. The molecular formula is C42H54N12. The summed E-state index contributed by atoms with van der Waals surface area (Å²) in [7, 11) is 0. The summed E-state index contributed by atoms with van der Waals surface area (Å²) in [4.78, 5) is 0. The van der Waals surface area contributed by atoms with Gasteiger partial charge in [-0.15, -0.1) is 0 Å². The molecule has 6 aromatic heterocycles. The molecular weight excluding hydrogens is 673 g/mol. The summed E-state index contributed by atoms with van der Waals surface area (Å²) >= 11 is 0. The van der Waals surface area contributed by atoms with E-state index in [4.69, 9.17) is 30.6 Å². The third-order valence-corrected chi connectivity index (χ3v) is 14.3. The highest BCUT2D eigenvalue weighted by Gasteiger charge is 2.46. The molecule has 0 radical (unpaired) electrons. The molecule has 4 saturated carbocycles. The average Bonchev–Trinajstić information content (AvgIpc) is 4.09. The second kappa shape index (κ2) is 14.8. The van der Waals surface area contributed by atoms with Gasteiger partial charge in [0.05, 0.1) is 36.3 Å². The summed E-state index contributed by atoms with van der Waals surface area (Å²) in [5, 5.41) is 28.8. The maximum Gasteiger partial charge on any atom is 0.0542 e. The van der Waals surface area contributed by atoms with Gasteiger partial charge in [-0.2, -0.15) is 30.6 Å². The van der Waals surface area contributed by atoms with E-state index in [2.05, 4.69) is 102 Å². The second-order valence-electron chi connectivity index (χ2n) is 17.2. The van der Waals surface area contributed by atoms with Crippen LogP contribution in [0.4, 0.5) is 0 Å². The molecule has 6 aromatic rings. The normalized spacial score (nSPS) is 34.9. The minimum absolute atomic E-state index is 0.386. The van der Waals surface area contributed by atoms with Gasteiger partial charge in [0.2, 0.25) is 0 Å². The van der Waals surface area contributed by atoms with Crippen LogP contribution in [0.15, 0.2) is 111 Å². The predicted octanol–water partition coefficient (Wildman–Crippen LogP) is 8.05. The quantitative estimate of drug-likeness (QED) is 0.149. The Labute approximate surface area is 317 Å². The Bertz CT molecular complexity index is 1740. The van der Waals surface area contributed by atoms with Crippen LogP contribution >= 0.6 is 0 Å². The second-order valence-corrected chi connectivity index (χ2v) is 17.2. The Kier molecular flexibility index (Phi) is 9.28. The van der Waals surface area contributed by atoms with Crippen LogP contribution in [0.5, 0.6) is 0 Å². The first-order valence-corrected chi connectivity index (χ1v) is 20.6. The Balaban J connectivity index is 0.954. The monoisotopic (exact) mass is 726 g/mol. The van der Waals surface area contributed by atoms with Crippen molar-refractivity contribution in [1.82, 2.24) is 58.7 Å². The lowest BCUT2D eigenvalue weighted by Gasteiger charge is -2.49. The number of hydrogen-bond donors (Lipinski definition) is 0. The van der Waals surface area contributed by atoms with Crippen molar-refractivity contribution in [2.24, 2.45) is 35.5 Å². The maximum atomic E-state index is 4.88. The molecule has 10 rings (SSSR count). The molecule has 282 valence electrons. The minimum Gasteiger partial charge on any atom is -0.270 e. The molecule has 10 unspecified atom stereocenters. The molecule has 6 heterocycles. The van der Waals surface area contributed by atoms with Gasteiger partial charge < -0.3 is 0 Å². The van der Waals surface area contributed by atoms with Crippen LogP contribution < -0.4 is 0 Å². The molecule has 0 saturated heterocycles. The molecule has 0 N–H and O–H groups in total. The summed E-state index contributed by atoms with van der Waals surface area (Å²) in [6.07, 6.45) is 39.0. The van der Waals surface area contributed by atoms with E-state index in [1.807, 2.05) is 37.2 Å². The highest BCUT2D eigenvalue weighted by Crippen LogP contribution is 2.55. The van der Waals surface area contributed by atoms with Crippen LogP contribution in [0.2, 0.25) is 0 Å². The first kappa shape index (κ1) is 33.8. The van der Waals surface area contributed by atoms with E-state index in [0.717, 1.165) is 12.8 Å². The van der Waals surface area contributed by atoms with E-state index < -0.39 is 0 Å². The molecule has 54 heavy (non-hydrogen) atoms. The van der Waals surface area contributed by atoms with Gasteiger partial charge >= 0.3 is 0 Å². The van der Waals surface area contributed by atoms with E-state index in [9.17, 15) is 0 Å². The van der Waals surface area contributed by atoms with E-state index in [0.29, 0.717) is 71.8 Å². The van der Waals surface area contributed by atoms with Crippen molar-refractivity contribution in [3.05, 3.63) is 111 Å². The highest BCUT2D eigenvalue weighted by molar-refractivity contribution is 5.00. The zero-order chi connectivity index (χ0) is 35.8. The fraction of sp³-hybridized carbons (Fsp3) is 0.571. The molecule has 4 aliphatic carbocycles. The Morgan fingerprint density at radius 3 is 0.611 bits per heavy atom. The lowest BCUT2D eigenvalue weighted by molar-refractivity contribution is 0.0183. The lowest BCUT2D eigenvalue weighted by atomic mass is 9.60. The van der Waals surface area contributed by atoms with Crippen LogP contribution in [-0.2, 0) is 0 Å². The number of rotatable bonds is 9. The third-order valence-electron chi connectivity index (χ3n) is 14.3. The van der Waals surface area contributed by atoms with E-state index in [1.54, 1.807) is 0 Å². The zero-order valence-electron chi connectivity index (χ0n) is 31.2. The molecule has 10 atom stereocenters. The first-order valence-electron chi connectivity index (χ1n) is 20.6. The molecule has 4 aliphatic rings. The maximum absolute atomic E-state index is 4.88. The molecule has 0 aliphatic heterocycles. The lowest BCUT2D eigenvalue weighted by Crippen LogP contribution is -2.40. The van der Waals surface area contributed by atoms with Crippen molar-refractivity contribution in [2.75, 3.05) is 0 Å². The van der Waals surface area contributed by atoms with Gasteiger partial charge in [-0.1, -0.05) is 0 Å². The Hall–Kier alpha value is -4.74. The molecule has 0 amide bonds. The SMILES string of the molecule is c1cnn(C2CC(C3CC(C4CC(n5cccn5)CC(n5cccn5)C4)CC(n4cccn4)C3)CC(C3CC(n4cccn4)CC(n4cccn4)C3)C2)c1. The van der Waals surface area contributed by atoms with E-state index >= 15 is 0 Å². The smallest absolute Gasteiger partial charge is 0.0542 e. The molecule has 0 spiro atoms. The van der Waals surface area contributed by atoms with Gasteiger partial charge in [-0.3, -0.25) is 28.1 Å².